The molecule has 7 heteroatoms. The number of rotatable bonds is 2. The summed E-state index contributed by atoms with van der Waals surface area (Å²) in [6, 6.07) is 4.70. The number of ether oxygens (including phenoxy) is 1. The number of benzene rings is 1. The van der Waals surface area contributed by atoms with Crippen molar-refractivity contribution in [1.29, 1.82) is 0 Å². The summed E-state index contributed by atoms with van der Waals surface area (Å²) in [6.07, 6.45) is 1.46. The standard InChI is InChI=1S/C13H7Cl4NO2/c1-20-13(19)12-11(17)2-6(5-18-12)7-3-9(15)10(16)4-8(7)14/h2-5H,1H3. The van der Waals surface area contributed by atoms with Crippen LogP contribution in [0.5, 0.6) is 0 Å². The molecule has 2 rings (SSSR count). The van der Waals surface area contributed by atoms with E-state index in [1.54, 1.807) is 12.1 Å². The van der Waals surface area contributed by atoms with E-state index in [-0.39, 0.29) is 10.7 Å². The van der Waals surface area contributed by atoms with Crippen LogP contribution in [0.3, 0.4) is 0 Å². The second-order valence-corrected chi connectivity index (χ2v) is 5.42. The van der Waals surface area contributed by atoms with Crippen molar-refractivity contribution in [1.82, 2.24) is 4.98 Å². The fourth-order valence-electron chi connectivity index (χ4n) is 1.58. The molecule has 0 bridgehead atoms. The van der Waals surface area contributed by atoms with E-state index in [9.17, 15) is 4.79 Å². The molecule has 3 nitrogen and oxygen atoms in total. The number of halogens is 4. The lowest BCUT2D eigenvalue weighted by atomic mass is 10.1. The second-order valence-electron chi connectivity index (χ2n) is 3.79. The molecule has 0 spiro atoms. The molecule has 1 aromatic heterocycles. The molecule has 0 aliphatic rings. The van der Waals surface area contributed by atoms with Crippen molar-refractivity contribution in [2.24, 2.45) is 0 Å². The summed E-state index contributed by atoms with van der Waals surface area (Å²) in [5, 5.41) is 1.28. The van der Waals surface area contributed by atoms with Crippen molar-refractivity contribution in [2.75, 3.05) is 7.11 Å². The Hall–Kier alpha value is -1.000. The Morgan fingerprint density at radius 1 is 1.00 bits per heavy atom. The van der Waals surface area contributed by atoms with Gasteiger partial charge in [0, 0.05) is 17.3 Å². The molecule has 104 valence electrons. The molecule has 2 aromatic rings. The molecule has 0 aliphatic heterocycles. The summed E-state index contributed by atoms with van der Waals surface area (Å²) < 4.78 is 4.57. The lowest BCUT2D eigenvalue weighted by Gasteiger charge is -2.08. The third-order valence-electron chi connectivity index (χ3n) is 2.54. The fourth-order valence-corrected chi connectivity index (χ4v) is 2.48. The molecular weight excluding hydrogens is 344 g/mol. The molecule has 0 saturated heterocycles. The lowest BCUT2D eigenvalue weighted by Crippen LogP contribution is -2.05. The number of methoxy groups -OCH3 is 1. The van der Waals surface area contributed by atoms with Crippen LogP contribution in [0.15, 0.2) is 24.4 Å². The topological polar surface area (TPSA) is 39.2 Å². The Kier molecular flexibility index (Phi) is 4.76. The van der Waals surface area contributed by atoms with Gasteiger partial charge in [0.15, 0.2) is 5.69 Å². The first-order valence-electron chi connectivity index (χ1n) is 5.32. The SMILES string of the molecule is COC(=O)c1ncc(-c2cc(Cl)c(Cl)cc2Cl)cc1Cl. The van der Waals surface area contributed by atoms with Crippen molar-refractivity contribution in [3.05, 3.63) is 50.2 Å². The first-order chi connectivity index (χ1) is 9.43. The molecule has 0 unspecified atom stereocenters. The van der Waals surface area contributed by atoms with Gasteiger partial charge < -0.3 is 4.74 Å². The van der Waals surface area contributed by atoms with Crippen molar-refractivity contribution in [3.63, 3.8) is 0 Å². The van der Waals surface area contributed by atoms with Gasteiger partial charge in [0.25, 0.3) is 0 Å². The molecule has 0 atom stereocenters. The Morgan fingerprint density at radius 3 is 2.25 bits per heavy atom. The fraction of sp³-hybridized carbons (Fsp3) is 0.0769. The van der Waals surface area contributed by atoms with Gasteiger partial charge in [0.1, 0.15) is 0 Å². The Labute approximate surface area is 135 Å². The van der Waals surface area contributed by atoms with Crippen molar-refractivity contribution in [2.45, 2.75) is 0 Å². The van der Waals surface area contributed by atoms with E-state index in [0.29, 0.717) is 26.2 Å². The third-order valence-corrected chi connectivity index (χ3v) is 3.86. The van der Waals surface area contributed by atoms with Crippen molar-refractivity contribution in [3.8, 4) is 11.1 Å². The predicted octanol–water partition coefficient (Wildman–Crippen LogP) is 5.15. The lowest BCUT2D eigenvalue weighted by molar-refractivity contribution is 0.0594. The smallest absolute Gasteiger partial charge is 0.358 e. The van der Waals surface area contributed by atoms with Crippen LogP contribution in [-0.2, 0) is 4.74 Å². The number of carbonyl (C=O) groups excluding carboxylic acids is 1. The van der Waals surface area contributed by atoms with Crippen LogP contribution in [0.4, 0.5) is 0 Å². The largest absolute Gasteiger partial charge is 0.464 e. The van der Waals surface area contributed by atoms with E-state index >= 15 is 0 Å². The summed E-state index contributed by atoms with van der Waals surface area (Å²) in [5.74, 6) is -0.609. The van der Waals surface area contributed by atoms with Gasteiger partial charge >= 0.3 is 5.97 Å². The summed E-state index contributed by atoms with van der Waals surface area (Å²) in [6.45, 7) is 0. The van der Waals surface area contributed by atoms with Gasteiger partial charge in [-0.15, -0.1) is 0 Å². The molecular formula is C13H7Cl4NO2. The van der Waals surface area contributed by atoms with Crippen LogP contribution < -0.4 is 0 Å². The van der Waals surface area contributed by atoms with Gasteiger partial charge in [-0.3, -0.25) is 0 Å². The van der Waals surface area contributed by atoms with E-state index in [1.165, 1.54) is 19.4 Å². The van der Waals surface area contributed by atoms with E-state index in [2.05, 4.69) is 9.72 Å². The van der Waals surface area contributed by atoms with Crippen LogP contribution in [0, 0.1) is 0 Å². The van der Waals surface area contributed by atoms with E-state index < -0.39 is 5.97 Å². The first kappa shape index (κ1) is 15.4. The molecule has 0 saturated carbocycles. The monoisotopic (exact) mass is 349 g/mol. The van der Waals surface area contributed by atoms with Crippen LogP contribution in [0.1, 0.15) is 10.5 Å². The quantitative estimate of drug-likeness (QED) is 0.555. The van der Waals surface area contributed by atoms with Gasteiger partial charge in [0.05, 0.1) is 27.2 Å². The van der Waals surface area contributed by atoms with E-state index in [4.69, 9.17) is 46.4 Å². The van der Waals surface area contributed by atoms with Gasteiger partial charge in [-0.05, 0) is 18.2 Å². The predicted molar refractivity (Wildman–Crippen MR) is 81.1 cm³/mol. The van der Waals surface area contributed by atoms with Gasteiger partial charge in [-0.1, -0.05) is 46.4 Å². The van der Waals surface area contributed by atoms with Crippen molar-refractivity contribution < 1.29 is 9.53 Å². The van der Waals surface area contributed by atoms with Gasteiger partial charge in [0.2, 0.25) is 0 Å². The highest BCUT2D eigenvalue weighted by atomic mass is 35.5. The Bertz CT molecular complexity index is 688. The average molecular weight is 351 g/mol. The zero-order chi connectivity index (χ0) is 14.9. The van der Waals surface area contributed by atoms with Crippen LogP contribution >= 0.6 is 46.4 Å². The third kappa shape index (κ3) is 3.01. The summed E-state index contributed by atoms with van der Waals surface area (Å²) in [4.78, 5) is 15.4. The maximum atomic E-state index is 11.4. The van der Waals surface area contributed by atoms with Crippen LogP contribution in [0.25, 0.3) is 11.1 Å². The minimum absolute atomic E-state index is 0.0362. The van der Waals surface area contributed by atoms with Gasteiger partial charge in [-0.25, -0.2) is 9.78 Å². The molecule has 1 heterocycles. The molecule has 1 aromatic carbocycles. The van der Waals surface area contributed by atoms with Gasteiger partial charge in [-0.2, -0.15) is 0 Å². The maximum Gasteiger partial charge on any atom is 0.358 e. The van der Waals surface area contributed by atoms with E-state index in [1.807, 2.05) is 0 Å². The molecule has 20 heavy (non-hydrogen) atoms. The molecule has 0 radical (unpaired) electrons. The molecule has 0 amide bonds. The number of carbonyl (C=O) groups is 1. The molecule has 0 N–H and O–H groups in total. The Morgan fingerprint density at radius 2 is 1.65 bits per heavy atom. The number of aromatic nitrogens is 1. The van der Waals surface area contributed by atoms with Crippen LogP contribution in [-0.4, -0.2) is 18.1 Å². The van der Waals surface area contributed by atoms with Crippen molar-refractivity contribution >= 4 is 52.4 Å². The van der Waals surface area contributed by atoms with Crippen LogP contribution in [0.2, 0.25) is 20.1 Å². The highest BCUT2D eigenvalue weighted by Crippen LogP contribution is 2.36. The van der Waals surface area contributed by atoms with E-state index in [0.717, 1.165) is 0 Å². The Balaban J connectivity index is 2.52. The number of nitrogens with zero attached hydrogens (tertiary/aromatic N) is 1. The minimum atomic E-state index is -0.609. The number of esters is 1. The zero-order valence-corrected chi connectivity index (χ0v) is 13.1. The molecule has 0 aliphatic carbocycles. The second kappa shape index (κ2) is 6.19. The zero-order valence-electron chi connectivity index (χ0n) is 10.1. The summed E-state index contributed by atoms with van der Waals surface area (Å²) >= 11 is 24.0. The highest BCUT2D eigenvalue weighted by molar-refractivity contribution is 6.44. The first-order valence-corrected chi connectivity index (χ1v) is 6.84. The summed E-state index contributed by atoms with van der Waals surface area (Å²) in [5.41, 5.74) is 1.27. The minimum Gasteiger partial charge on any atom is -0.464 e. The average Bonchev–Trinajstić information content (AvgIpc) is 2.42. The number of hydrogen-bond donors (Lipinski definition) is 0. The molecule has 0 fully saturated rings. The summed E-state index contributed by atoms with van der Waals surface area (Å²) in [7, 11) is 1.25. The normalized spacial score (nSPS) is 10.4. The maximum absolute atomic E-state index is 11.4. The number of hydrogen-bond acceptors (Lipinski definition) is 3. The highest BCUT2D eigenvalue weighted by Gasteiger charge is 2.15. The number of pyridine rings is 1.